The van der Waals surface area contributed by atoms with Crippen LogP contribution in [0.3, 0.4) is 0 Å². The van der Waals surface area contributed by atoms with E-state index in [-0.39, 0.29) is 37.1 Å². The Bertz CT molecular complexity index is 768. The minimum atomic E-state index is -4.92. The van der Waals surface area contributed by atoms with Gasteiger partial charge in [-0.05, 0) is 12.1 Å². The Morgan fingerprint density at radius 2 is 2.00 bits per heavy atom. The third-order valence-electron chi connectivity index (χ3n) is 3.88. The molecule has 1 amide bonds. The van der Waals surface area contributed by atoms with Crippen LogP contribution >= 0.6 is 0 Å². The minimum Gasteiger partial charge on any atom is -0.406 e. The number of hydrogen-bond acceptors (Lipinski definition) is 5. The van der Waals surface area contributed by atoms with Crippen molar-refractivity contribution in [2.75, 3.05) is 26.3 Å². The van der Waals surface area contributed by atoms with Crippen LogP contribution in [0.15, 0.2) is 29.2 Å². The van der Waals surface area contributed by atoms with E-state index in [2.05, 4.69) is 10.1 Å². The van der Waals surface area contributed by atoms with Crippen LogP contribution in [0.2, 0.25) is 0 Å². The van der Waals surface area contributed by atoms with Gasteiger partial charge in [0.25, 0.3) is 0 Å². The van der Waals surface area contributed by atoms with E-state index < -0.39 is 34.1 Å². The zero-order valence-corrected chi connectivity index (χ0v) is 13.6. The summed E-state index contributed by atoms with van der Waals surface area (Å²) in [7, 11) is -4.09. The molecule has 0 aromatic heterocycles. The van der Waals surface area contributed by atoms with Crippen LogP contribution in [0.1, 0.15) is 0 Å². The molecule has 3 rings (SSSR count). The van der Waals surface area contributed by atoms with Crippen LogP contribution < -0.4 is 10.1 Å². The van der Waals surface area contributed by atoms with Gasteiger partial charge < -0.3 is 14.8 Å². The fraction of sp³-hybridized carbons (Fsp3) is 0.500. The maximum absolute atomic E-state index is 12.8. The third-order valence-corrected chi connectivity index (χ3v) is 5.71. The number of carbonyl (C=O) groups excluding carboxylic acids is 1. The summed E-state index contributed by atoms with van der Waals surface area (Å²) < 4.78 is 72.8. The summed E-state index contributed by atoms with van der Waals surface area (Å²) in [5.74, 6) is -1.59. The van der Waals surface area contributed by atoms with E-state index in [1.54, 1.807) is 0 Å². The number of amides is 1. The van der Waals surface area contributed by atoms with Crippen LogP contribution in [0, 0.1) is 5.92 Å². The zero-order valence-electron chi connectivity index (χ0n) is 12.8. The first-order valence-electron chi connectivity index (χ1n) is 7.39. The third kappa shape index (κ3) is 4.05. The highest BCUT2D eigenvalue weighted by molar-refractivity contribution is 7.89. The molecule has 2 saturated heterocycles. The van der Waals surface area contributed by atoms with E-state index in [0.717, 1.165) is 16.4 Å². The molecule has 2 bridgehead atoms. The topological polar surface area (TPSA) is 84.9 Å². The molecular weight excluding hydrogens is 365 g/mol. The van der Waals surface area contributed by atoms with Crippen molar-refractivity contribution in [2.45, 2.75) is 17.3 Å². The van der Waals surface area contributed by atoms with Gasteiger partial charge in [0.15, 0.2) is 0 Å². The molecule has 2 heterocycles. The number of fused-ring (bicyclic) bond motifs is 3. The van der Waals surface area contributed by atoms with Crippen molar-refractivity contribution in [2.24, 2.45) is 5.92 Å². The number of sulfonamides is 1. The predicted molar refractivity (Wildman–Crippen MR) is 78.1 cm³/mol. The highest BCUT2D eigenvalue weighted by Crippen LogP contribution is 2.27. The quantitative estimate of drug-likeness (QED) is 0.835. The van der Waals surface area contributed by atoms with Gasteiger partial charge in [0, 0.05) is 19.2 Å². The van der Waals surface area contributed by atoms with Gasteiger partial charge in [-0.2, -0.15) is 4.31 Å². The van der Waals surface area contributed by atoms with E-state index in [9.17, 15) is 26.4 Å². The highest BCUT2D eigenvalue weighted by atomic mass is 32.2. The second-order valence-electron chi connectivity index (χ2n) is 5.78. The summed E-state index contributed by atoms with van der Waals surface area (Å²) in [5.41, 5.74) is 0. The fourth-order valence-electron chi connectivity index (χ4n) is 2.77. The maximum Gasteiger partial charge on any atom is 0.573 e. The molecule has 0 aliphatic carbocycles. The molecule has 1 aromatic carbocycles. The molecule has 138 valence electrons. The number of nitrogens with one attached hydrogen (secondary N) is 1. The largest absolute Gasteiger partial charge is 0.573 e. The van der Waals surface area contributed by atoms with Crippen molar-refractivity contribution in [1.82, 2.24) is 9.62 Å². The van der Waals surface area contributed by atoms with E-state index in [1.165, 1.54) is 12.1 Å². The summed E-state index contributed by atoms with van der Waals surface area (Å²) in [6.45, 7) is 0.140. The summed E-state index contributed by atoms with van der Waals surface area (Å²) in [4.78, 5) is 11.6. The van der Waals surface area contributed by atoms with Crippen LogP contribution in [-0.4, -0.2) is 57.3 Å². The first-order chi connectivity index (χ1) is 11.6. The predicted octanol–water partition coefficient (Wildman–Crippen LogP) is 0.721. The van der Waals surface area contributed by atoms with Gasteiger partial charge in [-0.1, -0.05) is 6.07 Å². The van der Waals surface area contributed by atoms with Crippen LogP contribution in [0.5, 0.6) is 5.75 Å². The van der Waals surface area contributed by atoms with Gasteiger partial charge in [0.1, 0.15) is 5.75 Å². The minimum absolute atomic E-state index is 0.0189. The number of carbonyl (C=O) groups is 1. The fourth-order valence-corrected chi connectivity index (χ4v) is 4.33. The number of benzene rings is 1. The molecule has 11 heteroatoms. The smallest absolute Gasteiger partial charge is 0.406 e. The average molecular weight is 380 g/mol. The molecule has 2 atom stereocenters. The second kappa shape index (κ2) is 6.46. The van der Waals surface area contributed by atoms with Gasteiger partial charge in [0.2, 0.25) is 15.9 Å². The van der Waals surface area contributed by atoms with Gasteiger partial charge >= 0.3 is 6.36 Å². The van der Waals surface area contributed by atoms with E-state index >= 15 is 0 Å². The lowest BCUT2D eigenvalue weighted by atomic mass is 10.1. The van der Waals surface area contributed by atoms with Gasteiger partial charge in [-0.15, -0.1) is 13.2 Å². The van der Waals surface area contributed by atoms with Crippen LogP contribution in [-0.2, 0) is 19.6 Å². The molecule has 2 fully saturated rings. The summed E-state index contributed by atoms with van der Waals surface area (Å²) in [6, 6.07) is 3.67. The molecule has 2 aliphatic rings. The molecule has 1 N–H and O–H groups in total. The summed E-state index contributed by atoms with van der Waals surface area (Å²) >= 11 is 0. The summed E-state index contributed by atoms with van der Waals surface area (Å²) in [6.07, 6.45) is -4.92. The van der Waals surface area contributed by atoms with Crippen molar-refractivity contribution in [3.05, 3.63) is 24.3 Å². The Hall–Kier alpha value is -1.85. The molecule has 0 spiro atoms. The monoisotopic (exact) mass is 380 g/mol. The Morgan fingerprint density at radius 1 is 1.24 bits per heavy atom. The Morgan fingerprint density at radius 3 is 2.72 bits per heavy atom. The molecule has 0 radical (unpaired) electrons. The van der Waals surface area contributed by atoms with Crippen LogP contribution in [0.25, 0.3) is 0 Å². The summed E-state index contributed by atoms with van der Waals surface area (Å²) in [5, 5.41) is 2.69. The first-order valence-corrected chi connectivity index (χ1v) is 8.83. The lowest BCUT2D eigenvalue weighted by Gasteiger charge is -2.27. The number of halogens is 3. The number of alkyl halides is 3. The molecule has 25 heavy (non-hydrogen) atoms. The second-order valence-corrected chi connectivity index (χ2v) is 7.72. The highest BCUT2D eigenvalue weighted by Gasteiger charge is 2.39. The Balaban J connectivity index is 1.89. The lowest BCUT2D eigenvalue weighted by molar-refractivity contribution is -0.274. The number of rotatable bonds is 3. The standard InChI is InChI=1S/C14H15F3N2O5S/c15-14(16,17)24-11-2-1-3-12(4-11)25(21,22)19-5-9-7-23-8-10(6-19)18-13(9)20/h1-4,9-10H,5-8H2,(H,18,20)/t9-,10+/m1/s1. The molecule has 0 saturated carbocycles. The van der Waals surface area contributed by atoms with E-state index in [1.807, 2.05) is 0 Å². The van der Waals surface area contributed by atoms with E-state index in [4.69, 9.17) is 4.74 Å². The Kier molecular flexibility index (Phi) is 4.64. The lowest BCUT2D eigenvalue weighted by Crippen LogP contribution is -2.44. The molecule has 1 aromatic rings. The molecule has 7 nitrogen and oxygen atoms in total. The van der Waals surface area contributed by atoms with Gasteiger partial charge in [-0.25, -0.2) is 8.42 Å². The Labute approximate surface area is 141 Å². The van der Waals surface area contributed by atoms with Crippen molar-refractivity contribution in [3.8, 4) is 5.75 Å². The number of ether oxygens (including phenoxy) is 2. The maximum atomic E-state index is 12.8. The number of nitrogens with zero attached hydrogens (tertiary/aromatic N) is 1. The normalized spacial score (nSPS) is 25.2. The first kappa shape index (κ1) is 18.0. The van der Waals surface area contributed by atoms with Crippen LogP contribution in [0.4, 0.5) is 13.2 Å². The van der Waals surface area contributed by atoms with Crippen molar-refractivity contribution >= 4 is 15.9 Å². The average Bonchev–Trinajstić information content (AvgIpc) is 2.74. The molecule has 2 aliphatic heterocycles. The zero-order chi connectivity index (χ0) is 18.2. The SMILES string of the molecule is O=C1N[C@@H]2COC[C@H]1CN(S(=O)(=O)c1cccc(OC(F)(F)F)c1)C2. The molecular formula is C14H15F3N2O5S. The van der Waals surface area contributed by atoms with Crippen molar-refractivity contribution in [1.29, 1.82) is 0 Å². The van der Waals surface area contributed by atoms with Gasteiger partial charge in [0.05, 0.1) is 30.1 Å². The van der Waals surface area contributed by atoms with Crippen molar-refractivity contribution < 1.29 is 35.9 Å². The van der Waals surface area contributed by atoms with Crippen molar-refractivity contribution in [3.63, 3.8) is 0 Å². The van der Waals surface area contributed by atoms with Gasteiger partial charge in [-0.3, -0.25) is 4.79 Å². The number of hydrogen-bond donors (Lipinski definition) is 1. The molecule has 0 unspecified atom stereocenters. The van der Waals surface area contributed by atoms with E-state index in [0.29, 0.717) is 0 Å².